The summed E-state index contributed by atoms with van der Waals surface area (Å²) in [4.78, 5) is 6.65. The van der Waals surface area contributed by atoms with Gasteiger partial charge in [-0.2, -0.15) is 0 Å². The second-order valence-electron chi connectivity index (χ2n) is 4.81. The van der Waals surface area contributed by atoms with Gasteiger partial charge in [0.05, 0.1) is 0 Å². The van der Waals surface area contributed by atoms with Crippen molar-refractivity contribution in [3.8, 4) is 0 Å². The van der Waals surface area contributed by atoms with Crippen molar-refractivity contribution < 1.29 is 0 Å². The minimum Gasteiger partial charge on any atom is -0.367 e. The number of pyridine rings is 1. The predicted molar refractivity (Wildman–Crippen MR) is 84.4 cm³/mol. The van der Waals surface area contributed by atoms with Crippen molar-refractivity contribution in [1.29, 1.82) is 0 Å². The van der Waals surface area contributed by atoms with Crippen LogP contribution in [0.25, 0.3) is 0 Å². The van der Waals surface area contributed by atoms with Gasteiger partial charge in [-0.3, -0.25) is 0 Å². The number of anilines is 2. The van der Waals surface area contributed by atoms with Crippen molar-refractivity contribution in [2.24, 2.45) is 5.84 Å². The van der Waals surface area contributed by atoms with Crippen LogP contribution in [0.5, 0.6) is 0 Å². The molecule has 4 nitrogen and oxygen atoms in total. The molecule has 0 fully saturated rings. The molecule has 1 heterocycles. The molecule has 2 rings (SSSR count). The van der Waals surface area contributed by atoms with Crippen LogP contribution in [0.1, 0.15) is 25.3 Å². The number of nitrogens with two attached hydrogens (primary N) is 1. The number of hydrogen-bond donors (Lipinski definition) is 2. The van der Waals surface area contributed by atoms with Gasteiger partial charge < -0.3 is 10.3 Å². The van der Waals surface area contributed by atoms with Gasteiger partial charge >= 0.3 is 0 Å². The maximum Gasteiger partial charge on any atom is 0.139 e. The zero-order chi connectivity index (χ0) is 14.2. The second kappa shape index (κ2) is 7.50. The van der Waals surface area contributed by atoms with Crippen LogP contribution in [0.15, 0.2) is 48.7 Å². The highest BCUT2D eigenvalue weighted by atomic mass is 15.2. The zero-order valence-corrected chi connectivity index (χ0v) is 11.9. The van der Waals surface area contributed by atoms with E-state index in [-0.39, 0.29) is 0 Å². The van der Waals surface area contributed by atoms with Gasteiger partial charge in [-0.05, 0) is 30.2 Å². The summed E-state index contributed by atoms with van der Waals surface area (Å²) in [5.41, 5.74) is 4.98. The molecule has 4 heteroatoms. The molecular formula is C16H22N4. The van der Waals surface area contributed by atoms with E-state index >= 15 is 0 Å². The molecule has 1 aromatic carbocycles. The number of nitrogens with zero attached hydrogens (tertiary/aromatic N) is 2. The highest BCUT2D eigenvalue weighted by Crippen LogP contribution is 2.17. The lowest BCUT2D eigenvalue weighted by Crippen LogP contribution is -2.23. The van der Waals surface area contributed by atoms with Crippen LogP contribution in [-0.4, -0.2) is 11.5 Å². The van der Waals surface area contributed by atoms with E-state index in [9.17, 15) is 0 Å². The molecule has 106 valence electrons. The third-order valence-electron chi connectivity index (χ3n) is 3.25. The fourth-order valence-corrected chi connectivity index (χ4v) is 2.11. The molecule has 0 aliphatic heterocycles. The minimum absolute atomic E-state index is 0.688. The Morgan fingerprint density at radius 2 is 1.95 bits per heavy atom. The summed E-state index contributed by atoms with van der Waals surface area (Å²) < 4.78 is 0. The number of unbranched alkanes of at least 4 members (excludes halogenated alkanes) is 1. The molecule has 0 saturated heterocycles. The molecule has 0 bridgehead atoms. The van der Waals surface area contributed by atoms with Crippen LogP contribution < -0.4 is 16.2 Å². The van der Waals surface area contributed by atoms with E-state index in [1.807, 2.05) is 18.3 Å². The van der Waals surface area contributed by atoms with Gasteiger partial charge in [-0.1, -0.05) is 37.6 Å². The molecule has 1 aromatic heterocycles. The van der Waals surface area contributed by atoms with Crippen molar-refractivity contribution >= 4 is 11.5 Å². The van der Waals surface area contributed by atoms with E-state index in [4.69, 9.17) is 5.84 Å². The van der Waals surface area contributed by atoms with Gasteiger partial charge in [0.2, 0.25) is 0 Å². The number of nitrogens with one attached hydrogen (secondary N) is 1. The van der Waals surface area contributed by atoms with Gasteiger partial charge in [0.15, 0.2) is 0 Å². The molecule has 0 spiro atoms. The molecule has 0 radical (unpaired) electrons. The first-order chi connectivity index (χ1) is 9.83. The van der Waals surface area contributed by atoms with Gasteiger partial charge in [0, 0.05) is 25.0 Å². The average Bonchev–Trinajstić information content (AvgIpc) is 2.53. The zero-order valence-electron chi connectivity index (χ0n) is 11.9. The van der Waals surface area contributed by atoms with Crippen molar-refractivity contribution in [2.75, 3.05) is 16.9 Å². The number of hydrazine groups is 1. The van der Waals surface area contributed by atoms with E-state index in [2.05, 4.69) is 52.6 Å². The van der Waals surface area contributed by atoms with Gasteiger partial charge in [-0.15, -0.1) is 0 Å². The van der Waals surface area contributed by atoms with E-state index in [0.29, 0.717) is 5.82 Å². The normalized spacial score (nSPS) is 10.3. The number of nitrogen functional groups attached to an aromatic ring is 1. The Morgan fingerprint density at radius 3 is 2.55 bits per heavy atom. The Kier molecular flexibility index (Phi) is 5.38. The first kappa shape index (κ1) is 14.3. The minimum atomic E-state index is 0.688. The second-order valence-corrected chi connectivity index (χ2v) is 4.81. The number of benzene rings is 1. The number of para-hydroxylation sites is 1. The Labute approximate surface area is 120 Å². The summed E-state index contributed by atoms with van der Waals surface area (Å²) >= 11 is 0. The third-order valence-corrected chi connectivity index (χ3v) is 3.25. The highest BCUT2D eigenvalue weighted by Gasteiger charge is 2.07. The van der Waals surface area contributed by atoms with Crippen molar-refractivity contribution in [3.63, 3.8) is 0 Å². The number of aromatic nitrogens is 1. The molecule has 0 aliphatic rings. The quantitative estimate of drug-likeness (QED) is 0.599. The van der Waals surface area contributed by atoms with E-state index in [1.165, 1.54) is 24.1 Å². The maximum absolute atomic E-state index is 5.34. The molecule has 0 saturated carbocycles. The van der Waals surface area contributed by atoms with Crippen LogP contribution in [0, 0.1) is 0 Å². The summed E-state index contributed by atoms with van der Waals surface area (Å²) in [5.74, 6) is 6.02. The fraction of sp³-hybridized carbons (Fsp3) is 0.312. The van der Waals surface area contributed by atoms with Gasteiger partial charge in [0.25, 0.3) is 0 Å². The monoisotopic (exact) mass is 270 g/mol. The SMILES string of the molecule is CCCCN(Cc1ccc(NN)nc1)c1ccccc1. The van der Waals surface area contributed by atoms with E-state index in [1.54, 1.807) is 0 Å². The van der Waals surface area contributed by atoms with Crippen LogP contribution in [-0.2, 0) is 6.54 Å². The van der Waals surface area contributed by atoms with E-state index in [0.717, 1.165) is 13.1 Å². The van der Waals surface area contributed by atoms with Crippen molar-refractivity contribution in [1.82, 2.24) is 4.98 Å². The predicted octanol–water partition coefficient (Wildman–Crippen LogP) is 3.17. The first-order valence-electron chi connectivity index (χ1n) is 7.05. The Balaban J connectivity index is 2.10. The molecular weight excluding hydrogens is 248 g/mol. The van der Waals surface area contributed by atoms with Gasteiger partial charge in [0.1, 0.15) is 5.82 Å². The number of hydrogen-bond acceptors (Lipinski definition) is 4. The number of rotatable bonds is 7. The topological polar surface area (TPSA) is 54.2 Å². The van der Waals surface area contributed by atoms with Crippen molar-refractivity contribution in [3.05, 3.63) is 54.2 Å². The molecule has 2 aromatic rings. The highest BCUT2D eigenvalue weighted by molar-refractivity contribution is 5.47. The summed E-state index contributed by atoms with van der Waals surface area (Å²) in [6.45, 7) is 4.13. The molecule has 3 N–H and O–H groups in total. The Bertz CT molecular complexity index is 496. The Morgan fingerprint density at radius 1 is 1.15 bits per heavy atom. The van der Waals surface area contributed by atoms with Crippen LogP contribution in [0.2, 0.25) is 0 Å². The molecule has 0 atom stereocenters. The molecule has 20 heavy (non-hydrogen) atoms. The smallest absolute Gasteiger partial charge is 0.139 e. The van der Waals surface area contributed by atoms with Gasteiger partial charge in [-0.25, -0.2) is 10.8 Å². The largest absolute Gasteiger partial charge is 0.367 e. The molecule has 0 aliphatic carbocycles. The average molecular weight is 270 g/mol. The summed E-state index contributed by atoms with van der Waals surface area (Å²) in [6.07, 6.45) is 4.25. The molecule has 0 amide bonds. The lowest BCUT2D eigenvalue weighted by molar-refractivity contribution is 0.715. The van der Waals surface area contributed by atoms with Crippen LogP contribution in [0.3, 0.4) is 0 Å². The first-order valence-corrected chi connectivity index (χ1v) is 7.05. The standard InChI is InChI=1S/C16H22N4/c1-2-3-11-20(15-7-5-4-6-8-15)13-14-9-10-16(19-17)18-12-14/h4-10,12H,2-3,11,13,17H2,1H3,(H,18,19). The maximum atomic E-state index is 5.34. The lowest BCUT2D eigenvalue weighted by atomic mass is 10.2. The molecule has 0 unspecified atom stereocenters. The van der Waals surface area contributed by atoms with E-state index < -0.39 is 0 Å². The lowest BCUT2D eigenvalue weighted by Gasteiger charge is -2.24. The summed E-state index contributed by atoms with van der Waals surface area (Å²) in [6, 6.07) is 14.5. The summed E-state index contributed by atoms with van der Waals surface area (Å²) in [5, 5.41) is 0. The van der Waals surface area contributed by atoms with Crippen LogP contribution in [0.4, 0.5) is 11.5 Å². The third kappa shape index (κ3) is 3.96. The van der Waals surface area contributed by atoms with Crippen molar-refractivity contribution in [2.45, 2.75) is 26.3 Å². The van der Waals surface area contributed by atoms with Crippen LogP contribution >= 0.6 is 0 Å². The summed E-state index contributed by atoms with van der Waals surface area (Å²) in [7, 11) is 0. The Hall–Kier alpha value is -2.07. The fourth-order valence-electron chi connectivity index (χ4n) is 2.11.